The van der Waals surface area contributed by atoms with Crippen molar-refractivity contribution in [3.05, 3.63) is 199 Å². The van der Waals surface area contributed by atoms with Crippen molar-refractivity contribution in [2.24, 2.45) is 0 Å². The molecule has 14 heteroatoms. The van der Waals surface area contributed by atoms with Gasteiger partial charge < -0.3 is 27.8 Å². The summed E-state index contributed by atoms with van der Waals surface area (Å²) in [4.78, 5) is 23.2. The number of aromatic nitrogens is 4. The lowest BCUT2D eigenvalue weighted by Gasteiger charge is -2.11. The zero-order chi connectivity index (χ0) is 46.1. The summed E-state index contributed by atoms with van der Waals surface area (Å²) in [5.74, 6) is 2.08. The van der Waals surface area contributed by atoms with Gasteiger partial charge in [-0.3, -0.25) is 0 Å². The highest BCUT2D eigenvalue weighted by atomic mass is 35.5. The summed E-state index contributed by atoms with van der Waals surface area (Å²) in [5, 5.41) is 11.1. The molecule has 0 spiro atoms. The van der Waals surface area contributed by atoms with Gasteiger partial charge in [0.2, 0.25) is 11.8 Å². The van der Waals surface area contributed by atoms with Crippen LogP contribution in [-0.2, 0) is 26.2 Å². The monoisotopic (exact) mass is 916 g/mol. The van der Waals surface area contributed by atoms with Crippen LogP contribution >= 0.6 is 23.2 Å². The molecule has 336 valence electrons. The van der Waals surface area contributed by atoms with Gasteiger partial charge in [0.15, 0.2) is 0 Å². The fourth-order valence-electron chi connectivity index (χ4n) is 6.09. The lowest BCUT2D eigenvalue weighted by Crippen LogP contribution is -2.16. The van der Waals surface area contributed by atoms with Gasteiger partial charge in [-0.1, -0.05) is 115 Å². The number of hydrogen-bond donors (Lipinski definition) is 1. The summed E-state index contributed by atoms with van der Waals surface area (Å²) < 4.78 is 34.2. The van der Waals surface area contributed by atoms with Crippen LogP contribution in [0.3, 0.4) is 0 Å². The summed E-state index contributed by atoms with van der Waals surface area (Å²) in [5.41, 5.74) is 5.68. The fourth-order valence-corrected chi connectivity index (χ4v) is 6.54. The first-order valence-corrected chi connectivity index (χ1v) is 21.8. The molecule has 65 heavy (non-hydrogen) atoms. The van der Waals surface area contributed by atoms with Crippen molar-refractivity contribution in [1.82, 2.24) is 20.0 Å². The van der Waals surface area contributed by atoms with Crippen LogP contribution in [0, 0.1) is 0 Å². The van der Waals surface area contributed by atoms with Crippen LogP contribution in [0.5, 0.6) is 23.0 Å². The first-order valence-electron chi connectivity index (χ1n) is 21.0. The number of ether oxygens (including phenoxy) is 4. The molecule has 0 aliphatic carbocycles. The molecule has 12 nitrogen and oxygen atoms in total. The number of nitrogens with one attached hydrogen (secondary N) is 1. The molecular formula is C51H50Cl2N4O8. The lowest BCUT2D eigenvalue weighted by molar-refractivity contribution is 0.242. The van der Waals surface area contributed by atoms with E-state index in [0.29, 0.717) is 45.9 Å². The topological polar surface area (TPSA) is 144 Å². The standard InChI is InChI=1S/C25H23ClN2O4.C15H16O.C11H11ClN2O3/c1-17(2)31-23-12-11-20(14-22(23)26)24-27-28(25(29)32-24)15-19-9-6-10-21(13-19)30-16-18-7-4-3-5-8-18;1-2-13-9-6-10-15(11-13)16-12-14-7-4-3-5-8-14;1-6(2)16-9-4-3-7(5-8(9)12)10-13-14-11(15)17-10/h3-14,17H,15-16H2,1-2H3;3-11H,2,12H2,1H3;3-6H,1-2H3,(H,14,15). The maximum Gasteiger partial charge on any atom is 0.437 e. The van der Waals surface area contributed by atoms with Gasteiger partial charge >= 0.3 is 11.5 Å². The minimum Gasteiger partial charge on any atom is -0.489 e. The normalized spacial score (nSPS) is 10.7. The Labute approximate surface area is 387 Å². The summed E-state index contributed by atoms with van der Waals surface area (Å²) >= 11 is 12.3. The van der Waals surface area contributed by atoms with E-state index in [1.807, 2.05) is 113 Å². The number of hydrogen-bond acceptors (Lipinski definition) is 10. The third-order valence-corrected chi connectivity index (χ3v) is 9.75. The van der Waals surface area contributed by atoms with Gasteiger partial charge in [-0.25, -0.2) is 14.7 Å². The molecule has 8 aromatic rings. The van der Waals surface area contributed by atoms with Gasteiger partial charge in [-0.2, -0.15) is 4.68 Å². The highest BCUT2D eigenvalue weighted by Gasteiger charge is 2.14. The van der Waals surface area contributed by atoms with Gasteiger partial charge in [-0.15, -0.1) is 10.2 Å². The van der Waals surface area contributed by atoms with Crippen LogP contribution in [0.1, 0.15) is 56.9 Å². The van der Waals surface area contributed by atoms with Crippen LogP contribution < -0.4 is 30.5 Å². The Hall–Kier alpha value is -7.02. The molecule has 2 aromatic heterocycles. The van der Waals surface area contributed by atoms with E-state index in [1.54, 1.807) is 36.4 Å². The molecule has 0 bridgehead atoms. The van der Waals surface area contributed by atoms with Gasteiger partial charge in [0.1, 0.15) is 36.2 Å². The van der Waals surface area contributed by atoms with Crippen LogP contribution in [0.15, 0.2) is 164 Å². The molecule has 8 rings (SSSR count). The number of aryl methyl sites for hydroxylation is 1. The Morgan fingerprint density at radius 2 is 1.08 bits per heavy atom. The summed E-state index contributed by atoms with van der Waals surface area (Å²) in [6.45, 7) is 11.2. The third kappa shape index (κ3) is 14.8. The minimum absolute atomic E-state index is 0.00271. The van der Waals surface area contributed by atoms with Crippen LogP contribution in [0.25, 0.3) is 22.9 Å². The maximum atomic E-state index is 12.4. The first-order chi connectivity index (χ1) is 31.4. The second-order valence-electron chi connectivity index (χ2n) is 15.1. The smallest absolute Gasteiger partial charge is 0.437 e. The number of nitrogens with zero attached hydrogens (tertiary/aromatic N) is 3. The Bertz CT molecular complexity index is 2840. The zero-order valence-electron chi connectivity index (χ0n) is 36.7. The highest BCUT2D eigenvalue weighted by molar-refractivity contribution is 6.32. The molecule has 0 aliphatic heterocycles. The third-order valence-electron chi connectivity index (χ3n) is 9.16. The molecular weight excluding hydrogens is 867 g/mol. The molecule has 0 unspecified atom stereocenters. The van der Waals surface area contributed by atoms with Gasteiger partial charge in [0.05, 0.1) is 28.8 Å². The molecule has 0 saturated carbocycles. The second-order valence-corrected chi connectivity index (χ2v) is 15.9. The van der Waals surface area contributed by atoms with Crippen molar-refractivity contribution in [3.63, 3.8) is 0 Å². The predicted octanol–water partition coefficient (Wildman–Crippen LogP) is 11.9. The average molecular weight is 918 g/mol. The van der Waals surface area contributed by atoms with Crippen LogP contribution in [-0.4, -0.2) is 32.2 Å². The largest absolute Gasteiger partial charge is 0.489 e. The number of halogens is 2. The fraction of sp³-hybridized carbons (Fsp3) is 0.216. The van der Waals surface area contributed by atoms with E-state index >= 15 is 0 Å². The maximum absolute atomic E-state index is 12.4. The second kappa shape index (κ2) is 23.6. The van der Waals surface area contributed by atoms with E-state index in [-0.39, 0.29) is 30.5 Å². The van der Waals surface area contributed by atoms with E-state index < -0.39 is 11.5 Å². The van der Waals surface area contributed by atoms with Crippen LogP contribution in [0.2, 0.25) is 10.0 Å². The van der Waals surface area contributed by atoms with E-state index in [2.05, 4.69) is 46.5 Å². The highest BCUT2D eigenvalue weighted by Crippen LogP contribution is 2.31. The van der Waals surface area contributed by atoms with E-state index in [4.69, 9.17) is 51.0 Å². The molecule has 0 saturated heterocycles. The molecule has 0 radical (unpaired) electrons. The van der Waals surface area contributed by atoms with Gasteiger partial charge in [-0.05, 0) is 117 Å². The molecule has 6 aromatic carbocycles. The van der Waals surface area contributed by atoms with Gasteiger partial charge in [0.25, 0.3) is 0 Å². The quantitative estimate of drug-likeness (QED) is 0.105. The minimum atomic E-state index is -0.598. The molecule has 0 aliphatic rings. The summed E-state index contributed by atoms with van der Waals surface area (Å²) in [6, 6.07) is 46.2. The molecule has 0 amide bonds. The Morgan fingerprint density at radius 1 is 0.585 bits per heavy atom. The van der Waals surface area contributed by atoms with Crippen molar-refractivity contribution in [2.45, 2.75) is 73.0 Å². The zero-order valence-corrected chi connectivity index (χ0v) is 38.2. The number of benzene rings is 6. The van der Waals surface area contributed by atoms with Crippen LogP contribution in [0.4, 0.5) is 0 Å². The molecule has 1 N–H and O–H groups in total. The molecule has 2 heterocycles. The lowest BCUT2D eigenvalue weighted by atomic mass is 10.2. The average Bonchev–Trinajstić information content (AvgIpc) is 3.91. The van der Waals surface area contributed by atoms with Crippen molar-refractivity contribution in [2.75, 3.05) is 0 Å². The van der Waals surface area contributed by atoms with Crippen molar-refractivity contribution >= 4 is 23.2 Å². The van der Waals surface area contributed by atoms with E-state index in [9.17, 15) is 9.59 Å². The van der Waals surface area contributed by atoms with E-state index in [1.165, 1.54) is 15.8 Å². The summed E-state index contributed by atoms with van der Waals surface area (Å²) in [6.07, 6.45) is 1.09. The van der Waals surface area contributed by atoms with Crippen molar-refractivity contribution < 1.29 is 27.8 Å². The van der Waals surface area contributed by atoms with E-state index in [0.717, 1.165) is 29.0 Å². The SMILES string of the molecule is CC(C)Oc1ccc(-c2n[nH]c(=O)o2)cc1Cl.CC(C)Oc1ccc(-c2nn(Cc3cccc(OCc4ccccc4)c3)c(=O)o2)cc1Cl.CCc1cccc(OCc2ccccc2)c1. The Morgan fingerprint density at radius 3 is 1.55 bits per heavy atom. The molecule has 0 fully saturated rings. The Kier molecular flexibility index (Phi) is 17.2. The summed E-state index contributed by atoms with van der Waals surface area (Å²) in [7, 11) is 0. The van der Waals surface area contributed by atoms with Crippen molar-refractivity contribution in [3.8, 4) is 45.9 Å². The Balaban J connectivity index is 0.000000178. The van der Waals surface area contributed by atoms with Gasteiger partial charge in [0, 0.05) is 11.1 Å². The number of aromatic amines is 1. The van der Waals surface area contributed by atoms with Crippen molar-refractivity contribution in [1.29, 1.82) is 0 Å². The number of H-pyrrole nitrogens is 1. The number of rotatable bonds is 15. The first kappa shape index (κ1) is 47.5. The molecule has 0 atom stereocenters. The predicted molar refractivity (Wildman–Crippen MR) is 253 cm³/mol.